The number of hydrogen-bond donors (Lipinski definition) is 0. The quantitative estimate of drug-likeness (QED) is 0.816. The van der Waals surface area contributed by atoms with Crippen LogP contribution in [0.5, 0.6) is 0 Å². The van der Waals surface area contributed by atoms with E-state index in [1.807, 2.05) is 0 Å². The van der Waals surface area contributed by atoms with Gasteiger partial charge < -0.3 is 4.90 Å². The number of nitrogens with zero attached hydrogens (tertiary/aromatic N) is 1. The fraction of sp³-hybridized carbons (Fsp3) is 0.278. The first-order chi connectivity index (χ1) is 11.9. The van der Waals surface area contributed by atoms with Crippen molar-refractivity contribution in [3.05, 3.63) is 70.5 Å². The molecule has 0 aromatic heterocycles. The lowest BCUT2D eigenvalue weighted by molar-refractivity contribution is 0.0679. The lowest BCUT2D eigenvalue weighted by Gasteiger charge is -2.28. The Bertz CT molecular complexity index is 883. The third kappa shape index (κ3) is 4.19. The van der Waals surface area contributed by atoms with Crippen molar-refractivity contribution in [1.29, 1.82) is 0 Å². The number of benzene rings is 2. The van der Waals surface area contributed by atoms with Crippen molar-refractivity contribution < 1.29 is 17.6 Å². The van der Waals surface area contributed by atoms with Crippen molar-refractivity contribution in [3.63, 3.8) is 0 Å². The summed E-state index contributed by atoms with van der Waals surface area (Å²) in [5.41, 5.74) is 0.749. The van der Waals surface area contributed by atoms with Crippen molar-refractivity contribution >= 4 is 27.3 Å². The molecule has 0 saturated carbocycles. The zero-order valence-corrected chi connectivity index (χ0v) is 14.9. The molecule has 0 spiro atoms. The lowest BCUT2D eigenvalue weighted by atomic mass is 10.1. The van der Waals surface area contributed by atoms with Crippen LogP contribution in [0, 0.1) is 5.82 Å². The van der Waals surface area contributed by atoms with E-state index in [-0.39, 0.29) is 24.0 Å². The summed E-state index contributed by atoms with van der Waals surface area (Å²) >= 11 is 5.86. The highest BCUT2D eigenvalue weighted by atomic mass is 35.5. The van der Waals surface area contributed by atoms with Gasteiger partial charge in [-0.1, -0.05) is 29.8 Å². The number of carbonyl (C=O) groups excluding carboxylic acids is 1. The van der Waals surface area contributed by atoms with Crippen LogP contribution in [0.15, 0.2) is 48.5 Å². The van der Waals surface area contributed by atoms with E-state index in [1.54, 1.807) is 42.5 Å². The highest BCUT2D eigenvalue weighted by Crippen LogP contribution is 2.23. The monoisotopic (exact) mass is 381 g/mol. The Hall–Kier alpha value is -1.92. The fourth-order valence-electron chi connectivity index (χ4n) is 2.96. The Morgan fingerprint density at radius 1 is 1.16 bits per heavy atom. The second-order valence-electron chi connectivity index (χ2n) is 6.09. The number of sulfone groups is 1. The summed E-state index contributed by atoms with van der Waals surface area (Å²) in [6.07, 6.45) is 0.357. The summed E-state index contributed by atoms with van der Waals surface area (Å²) in [6, 6.07) is 12.1. The lowest BCUT2D eigenvalue weighted by Crippen LogP contribution is -2.40. The first-order valence-electron chi connectivity index (χ1n) is 7.86. The Morgan fingerprint density at radius 3 is 2.44 bits per heavy atom. The first kappa shape index (κ1) is 17.9. The van der Waals surface area contributed by atoms with E-state index in [1.165, 1.54) is 11.0 Å². The molecule has 0 unspecified atom stereocenters. The molecule has 0 bridgehead atoms. The summed E-state index contributed by atoms with van der Waals surface area (Å²) in [6.45, 7) is 0.0221. The second kappa shape index (κ2) is 7.14. The smallest absolute Gasteiger partial charge is 0.254 e. The van der Waals surface area contributed by atoms with E-state index in [4.69, 9.17) is 11.6 Å². The average Bonchev–Trinajstić information content (AvgIpc) is 2.94. The third-order valence-electron chi connectivity index (χ3n) is 4.30. The average molecular weight is 382 g/mol. The van der Waals surface area contributed by atoms with Gasteiger partial charge >= 0.3 is 0 Å². The van der Waals surface area contributed by atoms with Crippen molar-refractivity contribution in [2.45, 2.75) is 19.0 Å². The predicted molar refractivity (Wildman–Crippen MR) is 94.8 cm³/mol. The highest BCUT2D eigenvalue weighted by Gasteiger charge is 2.35. The van der Waals surface area contributed by atoms with Gasteiger partial charge in [0, 0.05) is 28.7 Å². The molecule has 1 amide bonds. The fourth-order valence-corrected chi connectivity index (χ4v) is 4.81. The Kier molecular flexibility index (Phi) is 5.11. The topological polar surface area (TPSA) is 54.5 Å². The summed E-state index contributed by atoms with van der Waals surface area (Å²) in [4.78, 5) is 14.4. The van der Waals surface area contributed by atoms with E-state index < -0.39 is 21.7 Å². The molecule has 1 atom stereocenters. The molecule has 132 valence electrons. The van der Waals surface area contributed by atoms with Gasteiger partial charge in [-0.2, -0.15) is 0 Å². The van der Waals surface area contributed by atoms with Gasteiger partial charge in [0.05, 0.1) is 11.5 Å². The van der Waals surface area contributed by atoms with Gasteiger partial charge in [0.15, 0.2) is 9.84 Å². The van der Waals surface area contributed by atoms with Gasteiger partial charge in [-0.15, -0.1) is 0 Å². The molecule has 1 fully saturated rings. The SMILES string of the molecule is O=C(c1ccc(Cl)cc1)N(Cc1ccccc1F)[C@@H]1CCS(=O)(=O)C1. The minimum absolute atomic E-state index is 0.0221. The van der Waals surface area contributed by atoms with Crippen LogP contribution in [0.4, 0.5) is 4.39 Å². The van der Waals surface area contributed by atoms with Crippen LogP contribution >= 0.6 is 11.6 Å². The molecule has 2 aromatic rings. The van der Waals surface area contributed by atoms with Crippen LogP contribution in [0.3, 0.4) is 0 Å². The molecule has 0 radical (unpaired) electrons. The van der Waals surface area contributed by atoms with Crippen molar-refractivity contribution in [2.24, 2.45) is 0 Å². The zero-order chi connectivity index (χ0) is 18.0. The number of hydrogen-bond acceptors (Lipinski definition) is 3. The van der Waals surface area contributed by atoms with Crippen molar-refractivity contribution in [1.82, 2.24) is 4.90 Å². The molecule has 1 aliphatic heterocycles. The van der Waals surface area contributed by atoms with Crippen LogP contribution in [0.2, 0.25) is 5.02 Å². The molecule has 1 heterocycles. The molecule has 7 heteroatoms. The van der Waals surface area contributed by atoms with Gasteiger partial charge in [0.2, 0.25) is 0 Å². The van der Waals surface area contributed by atoms with Gasteiger partial charge in [-0.3, -0.25) is 4.79 Å². The maximum Gasteiger partial charge on any atom is 0.254 e. The van der Waals surface area contributed by atoms with Gasteiger partial charge in [-0.25, -0.2) is 12.8 Å². The van der Waals surface area contributed by atoms with Gasteiger partial charge in [-0.05, 0) is 36.8 Å². The second-order valence-corrected chi connectivity index (χ2v) is 8.75. The maximum atomic E-state index is 14.0. The normalized spacial score (nSPS) is 18.9. The third-order valence-corrected chi connectivity index (χ3v) is 6.30. The molecule has 4 nitrogen and oxygen atoms in total. The summed E-state index contributed by atoms with van der Waals surface area (Å²) in [7, 11) is -3.17. The summed E-state index contributed by atoms with van der Waals surface area (Å²) in [5, 5.41) is 0.501. The van der Waals surface area contributed by atoms with Crippen molar-refractivity contribution in [2.75, 3.05) is 11.5 Å². The zero-order valence-electron chi connectivity index (χ0n) is 13.4. The largest absolute Gasteiger partial charge is 0.330 e. The highest BCUT2D eigenvalue weighted by molar-refractivity contribution is 7.91. The van der Waals surface area contributed by atoms with E-state index in [9.17, 15) is 17.6 Å². The van der Waals surface area contributed by atoms with Crippen LogP contribution in [-0.4, -0.2) is 36.8 Å². The van der Waals surface area contributed by atoms with E-state index in [0.29, 0.717) is 22.6 Å². The molecule has 1 aliphatic rings. The number of halogens is 2. The minimum Gasteiger partial charge on any atom is -0.330 e. The Labute approximate surface area is 151 Å². The molecule has 1 saturated heterocycles. The maximum absolute atomic E-state index is 14.0. The molecule has 0 N–H and O–H groups in total. The number of amides is 1. The van der Waals surface area contributed by atoms with Crippen molar-refractivity contribution in [3.8, 4) is 0 Å². The van der Waals surface area contributed by atoms with Crippen LogP contribution in [-0.2, 0) is 16.4 Å². The molecule has 2 aromatic carbocycles. The molecular formula is C18H17ClFNO3S. The van der Waals surface area contributed by atoms with Gasteiger partial charge in [0.25, 0.3) is 5.91 Å². The van der Waals surface area contributed by atoms with Crippen LogP contribution < -0.4 is 0 Å². The first-order valence-corrected chi connectivity index (χ1v) is 10.1. The number of carbonyl (C=O) groups is 1. The molecule has 3 rings (SSSR count). The summed E-state index contributed by atoms with van der Waals surface area (Å²) < 4.78 is 37.7. The van der Waals surface area contributed by atoms with Crippen LogP contribution in [0.25, 0.3) is 0 Å². The molecular weight excluding hydrogens is 365 g/mol. The van der Waals surface area contributed by atoms with E-state index in [0.717, 1.165) is 0 Å². The Morgan fingerprint density at radius 2 is 1.84 bits per heavy atom. The summed E-state index contributed by atoms with van der Waals surface area (Å²) in [5.74, 6) is -0.806. The van der Waals surface area contributed by atoms with E-state index >= 15 is 0 Å². The molecule has 25 heavy (non-hydrogen) atoms. The molecule has 0 aliphatic carbocycles. The Balaban J connectivity index is 1.92. The standard InChI is InChI=1S/C18H17ClFNO3S/c19-15-7-5-13(6-8-15)18(22)21(16-9-10-25(23,24)12-16)11-14-3-1-2-4-17(14)20/h1-8,16H,9-12H2/t16-/m1/s1. The minimum atomic E-state index is -3.17. The van der Waals surface area contributed by atoms with Gasteiger partial charge in [0.1, 0.15) is 5.82 Å². The number of rotatable bonds is 4. The van der Waals surface area contributed by atoms with Crippen LogP contribution in [0.1, 0.15) is 22.3 Å². The van der Waals surface area contributed by atoms with E-state index in [2.05, 4.69) is 0 Å². The predicted octanol–water partition coefficient (Wildman–Crippen LogP) is 3.31.